The van der Waals surface area contributed by atoms with E-state index < -0.39 is 10.0 Å². The number of anilines is 2. The van der Waals surface area contributed by atoms with Crippen LogP contribution in [0.2, 0.25) is 0 Å². The molecule has 3 aromatic carbocycles. The van der Waals surface area contributed by atoms with Crippen molar-refractivity contribution in [1.82, 2.24) is 4.98 Å². The van der Waals surface area contributed by atoms with Crippen molar-refractivity contribution in [3.8, 4) is 5.75 Å². The van der Waals surface area contributed by atoms with Crippen LogP contribution in [0, 0.1) is 6.92 Å². The zero-order valence-electron chi connectivity index (χ0n) is 16.7. The molecule has 0 saturated carbocycles. The number of hydrogen-bond donors (Lipinski definition) is 2. The maximum absolute atomic E-state index is 12.7. The van der Waals surface area contributed by atoms with Gasteiger partial charge in [-0.2, -0.15) is 0 Å². The molecular weight excluding hydrogens is 434 g/mol. The maximum Gasteiger partial charge on any atom is 0.261 e. The smallest absolute Gasteiger partial charge is 0.261 e. The van der Waals surface area contributed by atoms with E-state index in [-0.39, 0.29) is 16.5 Å². The molecule has 0 aliphatic heterocycles. The van der Waals surface area contributed by atoms with Crippen LogP contribution in [-0.2, 0) is 10.0 Å². The van der Waals surface area contributed by atoms with E-state index in [1.54, 1.807) is 47.7 Å². The SMILES string of the molecule is COc1ccc(S(=O)(=O)Nc2cccc(C(=O)Nc3ccc4nc(C)sc4c3)c2)cc1. The standard InChI is InChI=1S/C22H19N3O4S2/c1-14-23-20-11-6-16(13-21(20)30-14)24-22(26)15-4-3-5-17(12-15)25-31(27,28)19-9-7-18(29-2)8-10-19/h3-13,25H,1-2H3,(H,24,26). The Kier molecular flexibility index (Phi) is 5.62. The first-order valence-electron chi connectivity index (χ1n) is 9.29. The highest BCUT2D eigenvalue weighted by atomic mass is 32.2. The van der Waals surface area contributed by atoms with E-state index in [0.29, 0.717) is 17.0 Å². The number of rotatable bonds is 6. The quantitative estimate of drug-likeness (QED) is 0.442. The van der Waals surface area contributed by atoms with Crippen molar-refractivity contribution in [1.29, 1.82) is 0 Å². The van der Waals surface area contributed by atoms with Crippen molar-refractivity contribution in [3.63, 3.8) is 0 Å². The molecule has 0 bridgehead atoms. The second-order valence-corrected chi connectivity index (χ2v) is 9.65. The fourth-order valence-electron chi connectivity index (χ4n) is 3.01. The van der Waals surface area contributed by atoms with Crippen LogP contribution < -0.4 is 14.8 Å². The number of benzene rings is 3. The number of aromatic nitrogens is 1. The number of sulfonamides is 1. The fourth-order valence-corrected chi connectivity index (χ4v) is 4.93. The summed E-state index contributed by atoms with van der Waals surface area (Å²) in [7, 11) is -2.30. The number of thiazole rings is 1. The van der Waals surface area contributed by atoms with Crippen LogP contribution in [0.1, 0.15) is 15.4 Å². The van der Waals surface area contributed by atoms with Gasteiger partial charge in [-0.3, -0.25) is 9.52 Å². The molecule has 4 rings (SSSR count). The number of carbonyl (C=O) groups excluding carboxylic acids is 1. The van der Waals surface area contributed by atoms with Crippen LogP contribution in [0.25, 0.3) is 10.2 Å². The highest BCUT2D eigenvalue weighted by Gasteiger charge is 2.15. The Hall–Kier alpha value is -3.43. The minimum absolute atomic E-state index is 0.0938. The lowest BCUT2D eigenvalue weighted by molar-refractivity contribution is 0.102. The second kappa shape index (κ2) is 8.37. The summed E-state index contributed by atoms with van der Waals surface area (Å²) in [4.78, 5) is 17.2. The molecule has 4 aromatic rings. The summed E-state index contributed by atoms with van der Waals surface area (Å²) in [5, 5.41) is 3.80. The second-order valence-electron chi connectivity index (χ2n) is 6.73. The normalized spacial score (nSPS) is 11.3. The molecule has 1 aromatic heterocycles. The minimum Gasteiger partial charge on any atom is -0.497 e. The van der Waals surface area contributed by atoms with Crippen molar-refractivity contribution >= 4 is 48.9 Å². The van der Waals surface area contributed by atoms with Gasteiger partial charge in [-0.1, -0.05) is 6.07 Å². The van der Waals surface area contributed by atoms with E-state index in [0.717, 1.165) is 15.2 Å². The summed E-state index contributed by atoms with van der Waals surface area (Å²) in [6.45, 7) is 1.93. The predicted octanol–water partition coefficient (Wildman–Crippen LogP) is 4.67. The van der Waals surface area contributed by atoms with E-state index in [1.807, 2.05) is 19.1 Å². The Labute approximate surface area is 183 Å². The van der Waals surface area contributed by atoms with E-state index >= 15 is 0 Å². The number of methoxy groups -OCH3 is 1. The van der Waals surface area contributed by atoms with Gasteiger partial charge in [-0.15, -0.1) is 11.3 Å². The van der Waals surface area contributed by atoms with Gasteiger partial charge in [-0.05, 0) is 67.6 Å². The zero-order valence-corrected chi connectivity index (χ0v) is 18.4. The first-order chi connectivity index (χ1) is 14.8. The minimum atomic E-state index is -3.80. The molecule has 7 nitrogen and oxygen atoms in total. The summed E-state index contributed by atoms with van der Waals surface area (Å²) in [5.74, 6) is 0.218. The third-order valence-electron chi connectivity index (χ3n) is 4.50. The van der Waals surface area contributed by atoms with Gasteiger partial charge in [0, 0.05) is 16.9 Å². The van der Waals surface area contributed by atoms with Gasteiger partial charge in [0.05, 0.1) is 27.2 Å². The van der Waals surface area contributed by atoms with Gasteiger partial charge in [0.2, 0.25) is 0 Å². The lowest BCUT2D eigenvalue weighted by atomic mass is 10.2. The average molecular weight is 454 g/mol. The Morgan fingerprint density at radius 3 is 2.52 bits per heavy atom. The molecular formula is C22H19N3O4S2. The first kappa shape index (κ1) is 20.8. The number of amides is 1. The third-order valence-corrected chi connectivity index (χ3v) is 6.83. The number of ether oxygens (including phenoxy) is 1. The molecule has 0 saturated heterocycles. The van der Waals surface area contributed by atoms with Gasteiger partial charge < -0.3 is 10.1 Å². The van der Waals surface area contributed by atoms with Crippen LogP contribution in [0.5, 0.6) is 5.75 Å². The number of carbonyl (C=O) groups is 1. The molecule has 0 radical (unpaired) electrons. The molecule has 9 heteroatoms. The Balaban J connectivity index is 1.51. The molecule has 0 aliphatic rings. The zero-order chi connectivity index (χ0) is 22.0. The summed E-state index contributed by atoms with van der Waals surface area (Å²) in [6.07, 6.45) is 0. The van der Waals surface area contributed by atoms with Crippen molar-refractivity contribution < 1.29 is 17.9 Å². The summed E-state index contributed by atoms with van der Waals surface area (Å²) < 4.78 is 33.8. The van der Waals surface area contributed by atoms with Crippen molar-refractivity contribution in [2.45, 2.75) is 11.8 Å². The molecule has 31 heavy (non-hydrogen) atoms. The van der Waals surface area contributed by atoms with E-state index in [4.69, 9.17) is 4.74 Å². The van der Waals surface area contributed by atoms with Gasteiger partial charge in [0.15, 0.2) is 0 Å². The number of hydrogen-bond acceptors (Lipinski definition) is 6. The number of nitrogens with zero attached hydrogens (tertiary/aromatic N) is 1. The summed E-state index contributed by atoms with van der Waals surface area (Å²) in [6, 6.07) is 17.9. The van der Waals surface area contributed by atoms with Gasteiger partial charge in [-0.25, -0.2) is 13.4 Å². The number of fused-ring (bicyclic) bond motifs is 1. The van der Waals surface area contributed by atoms with Crippen LogP contribution >= 0.6 is 11.3 Å². The van der Waals surface area contributed by atoms with Gasteiger partial charge in [0.1, 0.15) is 5.75 Å². The molecule has 1 amide bonds. The molecule has 0 atom stereocenters. The molecule has 0 aliphatic carbocycles. The van der Waals surface area contributed by atoms with Crippen molar-refractivity contribution in [2.75, 3.05) is 17.1 Å². The number of nitrogens with one attached hydrogen (secondary N) is 2. The third kappa shape index (κ3) is 4.68. The highest BCUT2D eigenvalue weighted by Crippen LogP contribution is 2.25. The van der Waals surface area contributed by atoms with E-state index in [1.165, 1.54) is 25.3 Å². The highest BCUT2D eigenvalue weighted by molar-refractivity contribution is 7.92. The first-order valence-corrected chi connectivity index (χ1v) is 11.6. The van der Waals surface area contributed by atoms with Crippen LogP contribution in [0.3, 0.4) is 0 Å². The molecule has 0 spiro atoms. The van der Waals surface area contributed by atoms with Crippen molar-refractivity contribution in [3.05, 3.63) is 77.3 Å². The molecule has 2 N–H and O–H groups in total. The van der Waals surface area contributed by atoms with Gasteiger partial charge >= 0.3 is 0 Å². The molecule has 1 heterocycles. The summed E-state index contributed by atoms with van der Waals surface area (Å²) >= 11 is 1.55. The largest absolute Gasteiger partial charge is 0.497 e. The lowest BCUT2D eigenvalue weighted by Crippen LogP contribution is -2.15. The average Bonchev–Trinajstić information content (AvgIpc) is 3.13. The predicted molar refractivity (Wildman–Crippen MR) is 123 cm³/mol. The monoisotopic (exact) mass is 453 g/mol. The molecule has 0 unspecified atom stereocenters. The summed E-state index contributed by atoms with van der Waals surface area (Å²) in [5.41, 5.74) is 2.15. The van der Waals surface area contributed by atoms with Crippen LogP contribution in [0.15, 0.2) is 71.6 Å². The fraction of sp³-hybridized carbons (Fsp3) is 0.0909. The molecule has 0 fully saturated rings. The van der Waals surface area contributed by atoms with E-state index in [2.05, 4.69) is 15.0 Å². The van der Waals surface area contributed by atoms with Crippen LogP contribution in [-0.4, -0.2) is 26.4 Å². The maximum atomic E-state index is 12.7. The Morgan fingerprint density at radius 2 is 1.77 bits per heavy atom. The molecule has 158 valence electrons. The Morgan fingerprint density at radius 1 is 1.00 bits per heavy atom. The topological polar surface area (TPSA) is 97.4 Å². The Bertz CT molecular complexity index is 1360. The van der Waals surface area contributed by atoms with E-state index in [9.17, 15) is 13.2 Å². The van der Waals surface area contributed by atoms with Gasteiger partial charge in [0.25, 0.3) is 15.9 Å². The van der Waals surface area contributed by atoms with Crippen LogP contribution in [0.4, 0.5) is 11.4 Å². The number of aryl methyl sites for hydroxylation is 1. The lowest BCUT2D eigenvalue weighted by Gasteiger charge is -2.10. The van der Waals surface area contributed by atoms with Crippen molar-refractivity contribution in [2.24, 2.45) is 0 Å².